The van der Waals surface area contributed by atoms with Crippen LogP contribution in [0.1, 0.15) is 30.9 Å². The van der Waals surface area contributed by atoms with Crippen molar-refractivity contribution in [3.8, 4) is 5.75 Å². The molecule has 1 aromatic carbocycles. The molecule has 118 valence electrons. The zero-order chi connectivity index (χ0) is 15.7. The van der Waals surface area contributed by atoms with Gasteiger partial charge in [0.2, 0.25) is 0 Å². The molecule has 4 nitrogen and oxygen atoms in total. The Morgan fingerprint density at radius 1 is 1.41 bits per heavy atom. The van der Waals surface area contributed by atoms with E-state index in [1.807, 2.05) is 6.92 Å². The number of ketones is 1. The van der Waals surface area contributed by atoms with Gasteiger partial charge in [0.1, 0.15) is 17.1 Å². The minimum absolute atomic E-state index is 0.125. The quantitative estimate of drug-likeness (QED) is 0.857. The fourth-order valence-electron chi connectivity index (χ4n) is 3.42. The summed E-state index contributed by atoms with van der Waals surface area (Å²) in [6.45, 7) is 4.43. The van der Waals surface area contributed by atoms with E-state index >= 15 is 0 Å². The summed E-state index contributed by atoms with van der Waals surface area (Å²) < 4.78 is 16.9. The van der Waals surface area contributed by atoms with E-state index in [0.717, 1.165) is 17.7 Å². The summed E-state index contributed by atoms with van der Waals surface area (Å²) in [4.78, 5) is 11.6. The summed E-state index contributed by atoms with van der Waals surface area (Å²) in [5.74, 6) is 1.96. The predicted molar refractivity (Wildman–Crippen MR) is 82.7 cm³/mol. The van der Waals surface area contributed by atoms with Crippen molar-refractivity contribution in [1.29, 1.82) is 0 Å². The first-order chi connectivity index (χ1) is 10.5. The smallest absolute Gasteiger partial charge is 0.189 e. The van der Waals surface area contributed by atoms with Gasteiger partial charge in [-0.3, -0.25) is 4.79 Å². The van der Waals surface area contributed by atoms with Gasteiger partial charge < -0.3 is 14.2 Å². The molecule has 0 amide bonds. The van der Waals surface area contributed by atoms with Crippen molar-refractivity contribution >= 4 is 5.78 Å². The van der Waals surface area contributed by atoms with Gasteiger partial charge in [0, 0.05) is 12.5 Å². The maximum Gasteiger partial charge on any atom is 0.189 e. The Morgan fingerprint density at radius 2 is 2.23 bits per heavy atom. The highest BCUT2D eigenvalue weighted by Gasteiger charge is 2.48. The van der Waals surface area contributed by atoms with Gasteiger partial charge in [-0.15, -0.1) is 0 Å². The summed E-state index contributed by atoms with van der Waals surface area (Å²) in [6, 6.07) is 6.28. The normalized spacial score (nSPS) is 25.2. The van der Waals surface area contributed by atoms with Crippen LogP contribution in [-0.2, 0) is 20.7 Å². The SMILES string of the molecule is COc1cc(CC(C)[C@]23CCC(=O)C=C2OCO3)ccc1C. The van der Waals surface area contributed by atoms with Crippen molar-refractivity contribution in [3.05, 3.63) is 41.2 Å². The molecule has 4 heteroatoms. The van der Waals surface area contributed by atoms with Crippen LogP contribution in [0.2, 0.25) is 0 Å². The molecule has 22 heavy (non-hydrogen) atoms. The fraction of sp³-hybridized carbons (Fsp3) is 0.500. The molecular formula is C18H22O4. The second-order valence-electron chi connectivity index (χ2n) is 6.18. The molecular weight excluding hydrogens is 280 g/mol. The van der Waals surface area contributed by atoms with Gasteiger partial charge in [0.05, 0.1) is 7.11 Å². The number of carbonyl (C=O) groups is 1. The monoisotopic (exact) mass is 302 g/mol. The summed E-state index contributed by atoms with van der Waals surface area (Å²) in [6.07, 6.45) is 3.69. The van der Waals surface area contributed by atoms with Crippen LogP contribution in [0, 0.1) is 12.8 Å². The standard InChI is InChI=1S/C18H22O4/c1-12-4-5-14(9-16(12)20-3)8-13(2)18-7-6-15(19)10-17(18)21-11-22-18/h4-5,9-10,13H,6-8,11H2,1-3H3/t13?,18-/m1/s1. The number of allylic oxidation sites excluding steroid dienone is 1. The lowest BCUT2D eigenvalue weighted by molar-refractivity contribution is -0.117. The van der Waals surface area contributed by atoms with Crippen LogP contribution in [0.3, 0.4) is 0 Å². The highest BCUT2D eigenvalue weighted by Crippen LogP contribution is 2.44. The van der Waals surface area contributed by atoms with Gasteiger partial charge in [-0.1, -0.05) is 19.1 Å². The lowest BCUT2D eigenvalue weighted by Gasteiger charge is -2.35. The zero-order valence-electron chi connectivity index (χ0n) is 13.3. The van der Waals surface area contributed by atoms with E-state index in [1.54, 1.807) is 13.2 Å². The van der Waals surface area contributed by atoms with Crippen LogP contribution in [0.25, 0.3) is 0 Å². The van der Waals surface area contributed by atoms with E-state index in [2.05, 4.69) is 25.1 Å². The van der Waals surface area contributed by atoms with Crippen molar-refractivity contribution in [2.75, 3.05) is 13.9 Å². The second kappa shape index (κ2) is 5.76. The van der Waals surface area contributed by atoms with Crippen molar-refractivity contribution in [2.45, 2.75) is 38.7 Å². The average Bonchev–Trinajstić information content (AvgIpc) is 2.93. The number of ether oxygens (including phenoxy) is 3. The molecule has 1 saturated heterocycles. The number of rotatable bonds is 4. The van der Waals surface area contributed by atoms with Gasteiger partial charge in [-0.05, 0) is 42.9 Å². The number of carbonyl (C=O) groups excluding carboxylic acids is 1. The maximum atomic E-state index is 11.6. The molecule has 0 bridgehead atoms. The summed E-state index contributed by atoms with van der Waals surface area (Å²) >= 11 is 0. The molecule has 3 rings (SSSR count). The van der Waals surface area contributed by atoms with Gasteiger partial charge in [-0.2, -0.15) is 0 Å². The van der Waals surface area contributed by atoms with Gasteiger partial charge in [0.15, 0.2) is 12.6 Å². The Labute approximate surface area is 131 Å². The molecule has 1 aliphatic carbocycles. The van der Waals surface area contributed by atoms with E-state index in [1.165, 1.54) is 5.56 Å². The minimum atomic E-state index is -0.452. The third kappa shape index (κ3) is 2.52. The lowest BCUT2D eigenvalue weighted by atomic mass is 9.76. The number of hydrogen-bond donors (Lipinski definition) is 0. The summed E-state index contributed by atoms with van der Waals surface area (Å²) in [5.41, 5.74) is 1.88. The summed E-state index contributed by atoms with van der Waals surface area (Å²) in [5, 5.41) is 0. The third-order valence-electron chi connectivity index (χ3n) is 4.79. The van der Waals surface area contributed by atoms with Crippen molar-refractivity contribution in [3.63, 3.8) is 0 Å². The Kier molecular flexibility index (Phi) is 3.96. The molecule has 1 fully saturated rings. The molecule has 1 heterocycles. The first-order valence-electron chi connectivity index (χ1n) is 7.70. The van der Waals surface area contributed by atoms with Crippen LogP contribution in [0.15, 0.2) is 30.0 Å². The van der Waals surface area contributed by atoms with Crippen LogP contribution in [-0.4, -0.2) is 25.3 Å². The lowest BCUT2D eigenvalue weighted by Crippen LogP contribution is -2.41. The van der Waals surface area contributed by atoms with Gasteiger partial charge in [0.25, 0.3) is 0 Å². The van der Waals surface area contributed by atoms with Crippen molar-refractivity contribution in [1.82, 2.24) is 0 Å². The Morgan fingerprint density at radius 3 is 3.00 bits per heavy atom. The molecule has 0 N–H and O–H groups in total. The van der Waals surface area contributed by atoms with Gasteiger partial charge in [-0.25, -0.2) is 0 Å². The van der Waals surface area contributed by atoms with E-state index in [0.29, 0.717) is 18.6 Å². The van der Waals surface area contributed by atoms with Crippen molar-refractivity contribution in [2.24, 2.45) is 5.92 Å². The van der Waals surface area contributed by atoms with Crippen LogP contribution in [0.5, 0.6) is 5.75 Å². The van der Waals surface area contributed by atoms with E-state index in [4.69, 9.17) is 14.2 Å². The number of fused-ring (bicyclic) bond motifs is 1. The molecule has 0 radical (unpaired) electrons. The maximum absolute atomic E-state index is 11.6. The molecule has 0 spiro atoms. The topological polar surface area (TPSA) is 44.8 Å². The van der Waals surface area contributed by atoms with E-state index < -0.39 is 5.60 Å². The van der Waals surface area contributed by atoms with Crippen molar-refractivity contribution < 1.29 is 19.0 Å². The molecule has 1 aliphatic heterocycles. The van der Waals surface area contributed by atoms with Crippen LogP contribution < -0.4 is 4.74 Å². The fourth-order valence-corrected chi connectivity index (χ4v) is 3.42. The Bertz CT molecular complexity index is 620. The molecule has 0 aromatic heterocycles. The number of benzene rings is 1. The molecule has 2 aliphatic rings. The first-order valence-corrected chi connectivity index (χ1v) is 7.70. The Balaban J connectivity index is 1.83. The zero-order valence-corrected chi connectivity index (χ0v) is 13.3. The highest BCUT2D eigenvalue weighted by atomic mass is 16.7. The molecule has 2 atom stereocenters. The number of methoxy groups -OCH3 is 1. The van der Waals surface area contributed by atoms with Gasteiger partial charge >= 0.3 is 0 Å². The highest BCUT2D eigenvalue weighted by molar-refractivity contribution is 5.91. The van der Waals surface area contributed by atoms with Crippen LogP contribution in [0.4, 0.5) is 0 Å². The minimum Gasteiger partial charge on any atom is -0.496 e. The molecule has 0 saturated carbocycles. The largest absolute Gasteiger partial charge is 0.496 e. The third-order valence-corrected chi connectivity index (χ3v) is 4.79. The summed E-state index contributed by atoms with van der Waals surface area (Å²) in [7, 11) is 1.69. The Hall–Kier alpha value is -1.81. The molecule has 1 aromatic rings. The number of hydrogen-bond acceptors (Lipinski definition) is 4. The molecule has 1 unspecified atom stereocenters. The first kappa shape index (κ1) is 15.1. The average molecular weight is 302 g/mol. The number of aryl methyl sites for hydroxylation is 1. The van der Waals surface area contributed by atoms with E-state index in [9.17, 15) is 4.79 Å². The predicted octanol–water partition coefficient (Wildman–Crippen LogP) is 3.17. The second-order valence-corrected chi connectivity index (χ2v) is 6.18. The van der Waals surface area contributed by atoms with Crippen LogP contribution >= 0.6 is 0 Å². The van der Waals surface area contributed by atoms with E-state index in [-0.39, 0.29) is 18.5 Å².